The predicted octanol–water partition coefficient (Wildman–Crippen LogP) is 6.81. The second-order valence-electron chi connectivity index (χ2n) is 9.53. The molecule has 8 rings (SSSR count). The molecule has 1 unspecified atom stereocenters. The Balaban J connectivity index is 0.000000182. The van der Waals surface area contributed by atoms with E-state index in [0.717, 1.165) is 11.4 Å². The van der Waals surface area contributed by atoms with Gasteiger partial charge >= 0.3 is 29.3 Å². The number of pyridine rings is 5. The Hall–Kier alpha value is -4.82. The molecule has 8 aromatic rings. The normalized spacial score (nSPS) is 9.94. The molecule has 8 aromatic heterocycles. The predicted molar refractivity (Wildman–Crippen MR) is 207 cm³/mol. The molecule has 0 aliphatic carbocycles. The first-order chi connectivity index (χ1) is 25.2. The van der Waals surface area contributed by atoms with Crippen molar-refractivity contribution in [3.8, 4) is 57.6 Å². The molecule has 0 amide bonds. The van der Waals surface area contributed by atoms with Gasteiger partial charge in [0.2, 0.25) is 0 Å². The molecule has 51 heavy (non-hydrogen) atoms. The molecule has 15 heteroatoms. The van der Waals surface area contributed by atoms with Crippen LogP contribution in [0.15, 0.2) is 159 Å². The number of aromatic nitrogens is 12. The monoisotopic (exact) mass is 878 g/mol. The minimum atomic E-state index is -0.363. The molecule has 0 fully saturated rings. The average Bonchev–Trinajstić information content (AvgIpc) is 3.24. The van der Waals surface area contributed by atoms with Gasteiger partial charge in [-0.25, -0.2) is 34.9 Å². The summed E-state index contributed by atoms with van der Waals surface area (Å²) in [4.78, 5) is 51.0. The molecule has 0 aromatic carbocycles. The van der Waals surface area contributed by atoms with Crippen molar-refractivity contribution in [2.45, 2.75) is 0 Å². The van der Waals surface area contributed by atoms with Crippen LogP contribution >= 0.6 is 28.7 Å². The Morgan fingerprint density at radius 3 is 0.804 bits per heavy atom. The maximum Gasteiger partial charge on any atom is 0.197 e. The standard InChI is InChI=1S/C18H12N6.C10H8N2.C8H6N4.H4IP.Y/c1-4-10-19-13(7-1)16-22-17(14-8-2-5-11-20-14)24-18(23-16)15-9-3-6-12-21-15;1-3-7-11-9(5-1)10-6-2-4-8-12-10;1-3-9-7(10-4-1)8-11-5-2-6-12-8;1-2;/h1-12H;1-8H;1-6H;1-2H2;/i;;;1D;. The molecule has 0 saturated heterocycles. The summed E-state index contributed by atoms with van der Waals surface area (Å²) in [5.74, 6) is 2.59. The topological polar surface area (TPSA) is 155 Å². The fourth-order valence-electron chi connectivity index (χ4n) is 4.06. The van der Waals surface area contributed by atoms with Crippen molar-refractivity contribution in [1.29, 1.82) is 0.594 Å². The van der Waals surface area contributed by atoms with Crippen LogP contribution in [0.25, 0.3) is 57.6 Å². The first-order valence-corrected chi connectivity index (χ1v) is 19.4. The number of rotatable bonds is 5. The third-order valence-electron chi connectivity index (χ3n) is 6.24. The fraction of sp³-hybridized carbons (Fsp3) is 0. The Labute approximate surface area is 335 Å². The molecule has 12 nitrogen and oxygen atoms in total. The molecular formula is C36H30IN12PY. The Morgan fingerprint density at radius 1 is 0.333 bits per heavy atom. The SMILES string of the molecule is [2H][IH]P.[Y].c1ccc(-c2ccccn2)nc1.c1ccc(-c2nc(-c3ccccn3)nc(-c3ccccn3)n2)nc1.c1cnc(-c2ncccn2)nc1. The van der Waals surface area contributed by atoms with E-state index < -0.39 is 0 Å². The van der Waals surface area contributed by atoms with E-state index in [1.807, 2.05) is 91.0 Å². The summed E-state index contributed by atoms with van der Waals surface area (Å²) in [5.41, 5.74) is 3.86. The number of halogens is 1. The maximum absolute atomic E-state index is 6.30. The fourth-order valence-corrected chi connectivity index (χ4v) is 4.06. The van der Waals surface area contributed by atoms with E-state index in [1.165, 1.54) is 0 Å². The molecule has 0 bridgehead atoms. The van der Waals surface area contributed by atoms with Gasteiger partial charge in [-0.2, -0.15) is 0 Å². The second kappa shape index (κ2) is 22.1. The molecule has 249 valence electrons. The molecule has 0 N–H and O–H groups in total. The van der Waals surface area contributed by atoms with Crippen molar-refractivity contribution >= 4 is 28.7 Å². The molecule has 8 heterocycles. The summed E-state index contributed by atoms with van der Waals surface area (Å²) >= 11 is -0.363. The maximum atomic E-state index is 6.30. The zero-order chi connectivity index (χ0) is 35.4. The number of hydrogen-bond donors (Lipinski definition) is 0. The summed E-state index contributed by atoms with van der Waals surface area (Å²) in [6, 6.07) is 31.9. The van der Waals surface area contributed by atoms with Crippen molar-refractivity contribution in [3.05, 3.63) is 159 Å². The van der Waals surface area contributed by atoms with Crippen LogP contribution in [0.5, 0.6) is 0 Å². The Kier molecular flexibility index (Phi) is 16.2. The summed E-state index contributed by atoms with van der Waals surface area (Å²) in [7, 11) is 0. The minimum Gasteiger partial charge on any atom is -0.255 e. The van der Waals surface area contributed by atoms with Gasteiger partial charge in [0.1, 0.15) is 17.1 Å². The molecule has 0 saturated carbocycles. The number of nitrogens with zero attached hydrogens (tertiary/aromatic N) is 12. The van der Waals surface area contributed by atoms with Crippen molar-refractivity contribution in [1.82, 2.24) is 59.8 Å². The van der Waals surface area contributed by atoms with Crippen LogP contribution in [-0.2, 0) is 32.7 Å². The third-order valence-corrected chi connectivity index (χ3v) is 6.24. The molecule has 0 aliphatic rings. The van der Waals surface area contributed by atoms with Gasteiger partial charge in [0.15, 0.2) is 29.1 Å². The summed E-state index contributed by atoms with van der Waals surface area (Å²) in [5, 5.41) is 0. The van der Waals surface area contributed by atoms with E-state index in [9.17, 15) is 0 Å². The largest absolute Gasteiger partial charge is 0.255 e. The summed E-state index contributed by atoms with van der Waals surface area (Å²) in [6.07, 6.45) is 15.3. The summed E-state index contributed by atoms with van der Waals surface area (Å²) in [6.45, 7) is 2.38. The van der Waals surface area contributed by atoms with Crippen LogP contribution in [-0.4, -0.2) is 60.4 Å². The van der Waals surface area contributed by atoms with Gasteiger partial charge in [0, 0.05) is 88.5 Å². The first kappa shape index (κ1) is 37.4. The van der Waals surface area contributed by atoms with Crippen molar-refractivity contribution < 1.29 is 32.7 Å². The van der Waals surface area contributed by atoms with Gasteiger partial charge in [-0.3, -0.25) is 24.9 Å². The van der Waals surface area contributed by atoms with Crippen LogP contribution in [0.3, 0.4) is 0 Å². The van der Waals surface area contributed by atoms with Crippen LogP contribution in [0, 0.1) is 0 Å². The van der Waals surface area contributed by atoms with E-state index >= 15 is 0 Å². The van der Waals surface area contributed by atoms with E-state index in [-0.39, 0.29) is 54.6 Å². The smallest absolute Gasteiger partial charge is 0.197 e. The molecular weight excluding hydrogens is 847 g/mol. The van der Waals surface area contributed by atoms with E-state index in [2.05, 4.69) is 66.7 Å². The van der Waals surface area contributed by atoms with Gasteiger partial charge in [0.25, 0.3) is 0 Å². The minimum absolute atomic E-state index is 0. The third kappa shape index (κ3) is 12.2. The van der Waals surface area contributed by atoms with Crippen LogP contribution in [0.4, 0.5) is 0 Å². The van der Waals surface area contributed by atoms with Gasteiger partial charge < -0.3 is 0 Å². The average molecular weight is 879 g/mol. The van der Waals surface area contributed by atoms with Gasteiger partial charge in [0.05, 0.1) is 11.4 Å². The van der Waals surface area contributed by atoms with Crippen LogP contribution in [0.1, 0.15) is 0 Å². The van der Waals surface area contributed by atoms with Crippen LogP contribution < -0.4 is 0 Å². The molecule has 1 radical (unpaired) electrons. The molecule has 0 aliphatic heterocycles. The quantitative estimate of drug-likeness (QED) is 0.132. The first-order valence-electron chi connectivity index (χ1n) is 15.3. The van der Waals surface area contributed by atoms with Gasteiger partial charge in [-0.05, 0) is 72.8 Å². The molecule has 0 spiro atoms. The zero-order valence-electron chi connectivity index (χ0n) is 27.9. The van der Waals surface area contributed by atoms with E-state index in [1.54, 1.807) is 67.9 Å². The second-order valence-corrected chi connectivity index (χ2v) is 9.53. The summed E-state index contributed by atoms with van der Waals surface area (Å²) < 4.78 is 6.30. The molecule has 1 atom stereocenters. The van der Waals surface area contributed by atoms with Crippen LogP contribution in [0.2, 0.25) is 0 Å². The van der Waals surface area contributed by atoms with E-state index in [0.29, 0.717) is 46.2 Å². The Morgan fingerprint density at radius 2 is 0.569 bits per heavy atom. The van der Waals surface area contributed by atoms with Crippen molar-refractivity contribution in [2.75, 3.05) is 0 Å². The Bertz CT molecular complexity index is 1850. The van der Waals surface area contributed by atoms with Crippen molar-refractivity contribution in [2.24, 2.45) is 0 Å². The zero-order valence-corrected chi connectivity index (χ0v) is 33.3. The van der Waals surface area contributed by atoms with E-state index in [4.69, 9.17) is 0.594 Å². The van der Waals surface area contributed by atoms with Crippen molar-refractivity contribution in [3.63, 3.8) is 0 Å². The van der Waals surface area contributed by atoms with Gasteiger partial charge in [-0.15, -0.1) is 0 Å². The van der Waals surface area contributed by atoms with Gasteiger partial charge in [-0.1, -0.05) is 30.3 Å². The number of hydrogen-bond acceptors (Lipinski definition) is 12.